The smallest absolute Gasteiger partial charge is 0.726 e. The Bertz CT molecular complexity index is 242. The van der Waals surface area contributed by atoms with Crippen LogP contribution in [0.5, 0.6) is 0 Å². The fourth-order valence-electron chi connectivity index (χ4n) is 1.57. The molecule has 0 aromatic rings. The van der Waals surface area contributed by atoms with Gasteiger partial charge in [-0.3, -0.25) is 4.18 Å². The van der Waals surface area contributed by atoms with Crippen LogP contribution in [0.25, 0.3) is 0 Å². The van der Waals surface area contributed by atoms with Crippen LogP contribution in [0.4, 0.5) is 0 Å². The Morgan fingerprint density at radius 3 is 1.71 bits per heavy atom. The monoisotopic (exact) mass is 258 g/mol. The summed E-state index contributed by atoms with van der Waals surface area (Å²) in [6.07, 6.45) is 10.3. The number of hydrogen-bond acceptors (Lipinski definition) is 4. The number of rotatable bonds is 11. The van der Waals surface area contributed by atoms with Crippen LogP contribution in [0.2, 0.25) is 0 Å². The zero-order valence-corrected chi connectivity index (χ0v) is 11.9. The van der Waals surface area contributed by atoms with Crippen LogP contribution < -0.4 is 18.9 Å². The Balaban J connectivity index is 0. The molecule has 0 fully saturated rings. The van der Waals surface area contributed by atoms with Gasteiger partial charge in [0.05, 0.1) is 6.61 Å². The van der Waals surface area contributed by atoms with E-state index >= 15 is 0 Å². The molecule has 0 rings (SSSR count). The summed E-state index contributed by atoms with van der Waals surface area (Å²) >= 11 is 0. The molecule has 0 saturated heterocycles. The van der Waals surface area contributed by atoms with E-state index in [1.54, 1.807) is 0 Å². The average Bonchev–Trinajstić information content (AvgIpc) is 2.19. The van der Waals surface area contributed by atoms with E-state index in [0.29, 0.717) is 6.42 Å². The summed E-state index contributed by atoms with van der Waals surface area (Å²) < 4.78 is 34.4. The standard InChI is InChI=1S/C11H24O4S.Li/c1-2-3-4-5-6-7-8-9-10-11-15-16(12,13)14;/h2-11H2,1H3,(H,12,13,14);/q;+1/p-1. The van der Waals surface area contributed by atoms with Gasteiger partial charge in [0.25, 0.3) is 0 Å². The minimum absolute atomic E-state index is 0. The van der Waals surface area contributed by atoms with Crippen molar-refractivity contribution >= 4 is 10.4 Å². The predicted molar refractivity (Wildman–Crippen MR) is 62.9 cm³/mol. The number of hydrogen-bond donors (Lipinski definition) is 0. The quantitative estimate of drug-likeness (QED) is 0.226. The molecule has 0 heterocycles. The van der Waals surface area contributed by atoms with Crippen LogP contribution >= 0.6 is 0 Å². The number of unbranched alkanes of at least 4 members (excludes halogenated alkanes) is 8. The third-order valence-corrected chi connectivity index (χ3v) is 2.93. The molecule has 0 atom stereocenters. The molecule has 98 valence electrons. The Morgan fingerprint density at radius 2 is 1.29 bits per heavy atom. The van der Waals surface area contributed by atoms with E-state index in [9.17, 15) is 13.0 Å². The summed E-state index contributed by atoms with van der Waals surface area (Å²) in [4.78, 5) is 0. The van der Waals surface area contributed by atoms with Gasteiger partial charge in [-0.1, -0.05) is 58.3 Å². The molecular weight excluding hydrogens is 235 g/mol. The van der Waals surface area contributed by atoms with Gasteiger partial charge in [-0.2, -0.15) is 0 Å². The minimum atomic E-state index is -4.48. The van der Waals surface area contributed by atoms with Gasteiger partial charge in [0, 0.05) is 0 Å². The summed E-state index contributed by atoms with van der Waals surface area (Å²) in [7, 11) is -4.48. The van der Waals surface area contributed by atoms with Gasteiger partial charge >= 0.3 is 18.9 Å². The molecule has 6 heteroatoms. The van der Waals surface area contributed by atoms with Gasteiger partial charge in [-0.05, 0) is 6.42 Å². The molecule has 0 spiro atoms. The first-order valence-electron chi connectivity index (χ1n) is 6.16. The summed E-state index contributed by atoms with van der Waals surface area (Å²) in [6, 6.07) is 0. The molecule has 0 aliphatic carbocycles. The van der Waals surface area contributed by atoms with E-state index in [1.165, 1.54) is 38.5 Å². The van der Waals surface area contributed by atoms with Gasteiger partial charge in [-0.25, -0.2) is 8.42 Å². The molecule has 0 saturated carbocycles. The Labute approximate surface area is 118 Å². The van der Waals surface area contributed by atoms with E-state index in [0.717, 1.165) is 12.8 Å². The zero-order valence-electron chi connectivity index (χ0n) is 11.1. The van der Waals surface area contributed by atoms with E-state index in [2.05, 4.69) is 11.1 Å². The second-order valence-corrected chi connectivity index (χ2v) is 5.11. The normalized spacial score (nSPS) is 11.2. The van der Waals surface area contributed by atoms with E-state index < -0.39 is 10.4 Å². The van der Waals surface area contributed by atoms with E-state index in [-0.39, 0.29) is 25.5 Å². The molecule has 0 N–H and O–H groups in total. The van der Waals surface area contributed by atoms with Crippen LogP contribution in [0.1, 0.15) is 64.7 Å². The van der Waals surface area contributed by atoms with Crippen LogP contribution in [0.15, 0.2) is 0 Å². The summed E-state index contributed by atoms with van der Waals surface area (Å²) in [5.41, 5.74) is 0. The Kier molecular flexibility index (Phi) is 15.0. The average molecular weight is 258 g/mol. The molecule has 4 nitrogen and oxygen atoms in total. The zero-order chi connectivity index (χ0) is 12.3. The molecule has 0 aliphatic rings. The summed E-state index contributed by atoms with van der Waals surface area (Å²) in [6.45, 7) is 2.23. The SMILES string of the molecule is CCCCCCCCCCCOS(=O)(=O)[O-].[Li+]. The largest absolute Gasteiger partial charge is 1.00 e. The first-order chi connectivity index (χ1) is 7.56. The van der Waals surface area contributed by atoms with Crippen LogP contribution in [-0.2, 0) is 14.6 Å². The van der Waals surface area contributed by atoms with Crippen molar-refractivity contribution in [3.8, 4) is 0 Å². The van der Waals surface area contributed by atoms with Crippen molar-refractivity contribution in [1.82, 2.24) is 0 Å². The molecule has 17 heavy (non-hydrogen) atoms. The van der Waals surface area contributed by atoms with Crippen molar-refractivity contribution in [2.75, 3.05) is 6.61 Å². The maximum atomic E-state index is 10.1. The maximum Gasteiger partial charge on any atom is 1.00 e. The first-order valence-corrected chi connectivity index (χ1v) is 7.50. The van der Waals surface area contributed by atoms with Crippen molar-refractivity contribution in [3.05, 3.63) is 0 Å². The Hall–Kier alpha value is 0.467. The van der Waals surface area contributed by atoms with Gasteiger partial charge in [0.15, 0.2) is 0 Å². The fourth-order valence-corrected chi connectivity index (χ4v) is 1.90. The van der Waals surface area contributed by atoms with Crippen molar-refractivity contribution in [1.29, 1.82) is 0 Å². The molecule has 0 aliphatic heterocycles. The first kappa shape index (κ1) is 19.8. The van der Waals surface area contributed by atoms with Gasteiger partial charge < -0.3 is 4.55 Å². The summed E-state index contributed by atoms with van der Waals surface area (Å²) in [5, 5.41) is 0. The molecular formula is C11H23LiO4S. The fraction of sp³-hybridized carbons (Fsp3) is 1.00. The summed E-state index contributed by atoms with van der Waals surface area (Å²) in [5.74, 6) is 0. The van der Waals surface area contributed by atoms with E-state index in [4.69, 9.17) is 0 Å². The Morgan fingerprint density at radius 1 is 0.882 bits per heavy atom. The molecule has 0 amide bonds. The van der Waals surface area contributed by atoms with Crippen LogP contribution in [0, 0.1) is 0 Å². The van der Waals surface area contributed by atoms with Crippen LogP contribution in [-0.4, -0.2) is 19.6 Å². The molecule has 0 aromatic carbocycles. The maximum absolute atomic E-state index is 10.1. The van der Waals surface area contributed by atoms with Gasteiger partial charge in [0.2, 0.25) is 10.4 Å². The molecule has 0 aromatic heterocycles. The minimum Gasteiger partial charge on any atom is -0.726 e. The van der Waals surface area contributed by atoms with Gasteiger partial charge in [0.1, 0.15) is 0 Å². The third kappa shape index (κ3) is 19.0. The topological polar surface area (TPSA) is 66.4 Å². The molecule has 0 bridgehead atoms. The van der Waals surface area contributed by atoms with Crippen molar-refractivity contribution in [3.63, 3.8) is 0 Å². The predicted octanol–water partition coefficient (Wildman–Crippen LogP) is -0.00200. The van der Waals surface area contributed by atoms with Crippen molar-refractivity contribution in [2.45, 2.75) is 64.7 Å². The third-order valence-electron chi connectivity index (χ3n) is 2.48. The van der Waals surface area contributed by atoms with Crippen molar-refractivity contribution < 1.29 is 36.0 Å². The van der Waals surface area contributed by atoms with E-state index in [1.807, 2.05) is 0 Å². The second kappa shape index (κ2) is 12.9. The van der Waals surface area contributed by atoms with Crippen LogP contribution in [0.3, 0.4) is 0 Å². The molecule has 0 radical (unpaired) electrons. The molecule has 0 unspecified atom stereocenters. The second-order valence-electron chi connectivity index (χ2n) is 4.06. The van der Waals surface area contributed by atoms with Gasteiger partial charge in [-0.15, -0.1) is 0 Å². The van der Waals surface area contributed by atoms with Crippen molar-refractivity contribution in [2.24, 2.45) is 0 Å².